The summed E-state index contributed by atoms with van der Waals surface area (Å²) in [5.41, 5.74) is 0.119. The third-order valence-corrected chi connectivity index (χ3v) is 3.52. The van der Waals surface area contributed by atoms with Crippen molar-refractivity contribution in [2.45, 2.75) is 6.42 Å². The van der Waals surface area contributed by atoms with Crippen molar-refractivity contribution in [2.75, 3.05) is 17.3 Å². The second-order valence-corrected chi connectivity index (χ2v) is 4.86. The van der Waals surface area contributed by atoms with Crippen molar-refractivity contribution in [3.05, 3.63) is 33.3 Å². The Kier molecular flexibility index (Phi) is 3.73. The molecule has 0 radical (unpaired) electrons. The van der Waals surface area contributed by atoms with Crippen LogP contribution in [0.1, 0.15) is 6.42 Å². The normalized spacial score (nSPS) is 19.3. The van der Waals surface area contributed by atoms with E-state index < -0.39 is 4.92 Å². The van der Waals surface area contributed by atoms with Crippen LogP contribution in [0.2, 0.25) is 5.02 Å². The Bertz CT molecular complexity index is 507. The second kappa shape index (κ2) is 5.12. The molecule has 1 aromatic carbocycles. The van der Waals surface area contributed by atoms with E-state index in [1.165, 1.54) is 23.1 Å². The molecule has 5 nitrogen and oxygen atoms in total. The minimum atomic E-state index is -0.521. The van der Waals surface area contributed by atoms with E-state index in [2.05, 4.69) is 0 Å². The van der Waals surface area contributed by atoms with Crippen LogP contribution in [0, 0.1) is 16.0 Å². The van der Waals surface area contributed by atoms with Crippen molar-refractivity contribution in [1.82, 2.24) is 0 Å². The minimum absolute atomic E-state index is 0.0257. The summed E-state index contributed by atoms with van der Waals surface area (Å²) in [6, 6.07) is 4.18. The molecule has 1 aromatic rings. The summed E-state index contributed by atoms with van der Waals surface area (Å²) in [7, 11) is 0. The van der Waals surface area contributed by atoms with Crippen LogP contribution in [0.15, 0.2) is 18.2 Å². The van der Waals surface area contributed by atoms with Crippen LogP contribution in [0.3, 0.4) is 0 Å². The fourth-order valence-corrected chi connectivity index (χ4v) is 2.36. The van der Waals surface area contributed by atoms with Crippen LogP contribution < -0.4 is 4.90 Å². The highest BCUT2D eigenvalue weighted by molar-refractivity contribution is 6.31. The summed E-state index contributed by atoms with van der Waals surface area (Å²) in [5.74, 6) is 0.222. The fraction of sp³-hybridized carbons (Fsp3) is 0.364. The Balaban J connectivity index is 2.41. The molecule has 1 heterocycles. The van der Waals surface area contributed by atoms with Gasteiger partial charge in [-0.2, -0.15) is 0 Å². The molecule has 1 atom stereocenters. The molecule has 1 saturated heterocycles. The second-order valence-electron chi connectivity index (χ2n) is 4.12. The van der Waals surface area contributed by atoms with Gasteiger partial charge in [-0.05, 0) is 18.1 Å². The van der Waals surface area contributed by atoms with Crippen LogP contribution in [0.5, 0.6) is 0 Å². The molecule has 1 unspecified atom stereocenters. The van der Waals surface area contributed by atoms with E-state index in [0.717, 1.165) is 0 Å². The Labute approximate surface area is 113 Å². The molecule has 7 heteroatoms. The number of carbonyl (C=O) groups is 1. The summed E-state index contributed by atoms with van der Waals surface area (Å²) < 4.78 is 0. The van der Waals surface area contributed by atoms with Gasteiger partial charge in [-0.15, -0.1) is 11.6 Å². The maximum atomic E-state index is 11.8. The molecule has 18 heavy (non-hydrogen) atoms. The third kappa shape index (κ3) is 2.42. The zero-order valence-corrected chi connectivity index (χ0v) is 10.8. The molecule has 0 aliphatic carbocycles. The van der Waals surface area contributed by atoms with Gasteiger partial charge in [0.2, 0.25) is 5.91 Å². The summed E-state index contributed by atoms with van der Waals surface area (Å²) in [4.78, 5) is 23.6. The van der Waals surface area contributed by atoms with Gasteiger partial charge in [-0.3, -0.25) is 14.9 Å². The number of alkyl halides is 1. The highest BCUT2D eigenvalue weighted by Gasteiger charge is 2.33. The number of amides is 1. The Morgan fingerprint density at radius 3 is 2.78 bits per heavy atom. The van der Waals surface area contributed by atoms with E-state index in [1.54, 1.807) is 0 Å². The summed E-state index contributed by atoms with van der Waals surface area (Å²) in [6.07, 6.45) is 0.313. The number of nitro groups is 1. The standard InChI is InChI=1S/C11H10Cl2N2O3/c12-5-7-3-11(16)14(6-7)10-4-8(13)1-2-9(10)15(17)18/h1-2,4,7H,3,5-6H2. The van der Waals surface area contributed by atoms with Crippen molar-refractivity contribution in [2.24, 2.45) is 5.92 Å². The molecule has 1 fully saturated rings. The van der Waals surface area contributed by atoms with Crippen LogP contribution >= 0.6 is 23.2 Å². The predicted molar refractivity (Wildman–Crippen MR) is 69.3 cm³/mol. The topological polar surface area (TPSA) is 63.5 Å². The highest BCUT2D eigenvalue weighted by Crippen LogP contribution is 2.35. The molecular weight excluding hydrogens is 279 g/mol. The first kappa shape index (κ1) is 13.1. The molecule has 0 N–H and O–H groups in total. The van der Waals surface area contributed by atoms with Crippen molar-refractivity contribution < 1.29 is 9.72 Å². The van der Waals surface area contributed by atoms with E-state index in [9.17, 15) is 14.9 Å². The van der Waals surface area contributed by atoms with Crippen LogP contribution in [-0.2, 0) is 4.79 Å². The largest absolute Gasteiger partial charge is 0.306 e. The molecule has 0 saturated carbocycles. The van der Waals surface area contributed by atoms with Gasteiger partial charge < -0.3 is 4.90 Å². The fourth-order valence-electron chi connectivity index (χ4n) is 1.98. The first-order chi connectivity index (χ1) is 8.52. The number of nitro benzene ring substituents is 1. The molecule has 2 rings (SSSR count). The number of anilines is 1. The van der Waals surface area contributed by atoms with Gasteiger partial charge in [0.05, 0.1) is 4.92 Å². The van der Waals surface area contributed by atoms with Crippen molar-refractivity contribution >= 4 is 40.5 Å². The molecule has 0 bridgehead atoms. The molecule has 1 aliphatic heterocycles. The van der Waals surface area contributed by atoms with Gasteiger partial charge in [0, 0.05) is 29.9 Å². The van der Waals surface area contributed by atoms with Gasteiger partial charge in [-0.1, -0.05) is 11.6 Å². The van der Waals surface area contributed by atoms with E-state index in [-0.39, 0.29) is 23.2 Å². The Hall–Kier alpha value is -1.33. The highest BCUT2D eigenvalue weighted by atomic mass is 35.5. The first-order valence-corrected chi connectivity index (χ1v) is 6.24. The summed E-state index contributed by atoms with van der Waals surface area (Å²) >= 11 is 11.6. The number of carbonyl (C=O) groups excluding carboxylic acids is 1. The Morgan fingerprint density at radius 2 is 2.22 bits per heavy atom. The van der Waals surface area contributed by atoms with Crippen LogP contribution in [-0.4, -0.2) is 23.3 Å². The lowest BCUT2D eigenvalue weighted by molar-refractivity contribution is -0.384. The molecule has 1 amide bonds. The number of rotatable bonds is 3. The van der Waals surface area contributed by atoms with E-state index in [1.807, 2.05) is 0 Å². The van der Waals surface area contributed by atoms with E-state index >= 15 is 0 Å². The van der Waals surface area contributed by atoms with Crippen molar-refractivity contribution in [3.63, 3.8) is 0 Å². The minimum Gasteiger partial charge on any atom is -0.306 e. The molecular formula is C11H10Cl2N2O3. The monoisotopic (exact) mass is 288 g/mol. The average molecular weight is 289 g/mol. The van der Waals surface area contributed by atoms with Crippen molar-refractivity contribution in [3.8, 4) is 0 Å². The smallest absolute Gasteiger partial charge is 0.293 e. The quantitative estimate of drug-likeness (QED) is 0.488. The lowest BCUT2D eigenvalue weighted by Crippen LogP contribution is -2.25. The van der Waals surface area contributed by atoms with Gasteiger partial charge in [0.25, 0.3) is 5.69 Å². The van der Waals surface area contributed by atoms with E-state index in [4.69, 9.17) is 23.2 Å². The lowest BCUT2D eigenvalue weighted by Gasteiger charge is -2.16. The van der Waals surface area contributed by atoms with Crippen LogP contribution in [0.25, 0.3) is 0 Å². The zero-order valence-electron chi connectivity index (χ0n) is 9.31. The maximum Gasteiger partial charge on any atom is 0.293 e. The Morgan fingerprint density at radius 1 is 1.50 bits per heavy atom. The van der Waals surface area contributed by atoms with E-state index in [0.29, 0.717) is 23.9 Å². The molecule has 1 aliphatic rings. The molecule has 0 aromatic heterocycles. The maximum absolute atomic E-state index is 11.8. The van der Waals surface area contributed by atoms with Gasteiger partial charge in [0.15, 0.2) is 0 Å². The van der Waals surface area contributed by atoms with Crippen LogP contribution in [0.4, 0.5) is 11.4 Å². The number of nitrogens with zero attached hydrogens (tertiary/aromatic N) is 2. The lowest BCUT2D eigenvalue weighted by atomic mass is 10.1. The van der Waals surface area contributed by atoms with Gasteiger partial charge in [0.1, 0.15) is 5.69 Å². The predicted octanol–water partition coefficient (Wildman–Crippen LogP) is 2.84. The first-order valence-electron chi connectivity index (χ1n) is 5.33. The number of hydrogen-bond acceptors (Lipinski definition) is 3. The summed E-state index contributed by atoms with van der Waals surface area (Å²) in [5, 5.41) is 11.3. The number of benzene rings is 1. The van der Waals surface area contributed by atoms with Gasteiger partial charge in [-0.25, -0.2) is 0 Å². The zero-order chi connectivity index (χ0) is 13.3. The van der Waals surface area contributed by atoms with Crippen molar-refractivity contribution in [1.29, 1.82) is 0 Å². The average Bonchev–Trinajstić information content (AvgIpc) is 2.70. The molecule has 96 valence electrons. The third-order valence-electron chi connectivity index (χ3n) is 2.85. The SMILES string of the molecule is O=C1CC(CCl)CN1c1cc(Cl)ccc1[N+](=O)[O-]. The van der Waals surface area contributed by atoms with Gasteiger partial charge >= 0.3 is 0 Å². The molecule has 0 spiro atoms. The number of halogens is 2. The summed E-state index contributed by atoms with van der Waals surface area (Å²) in [6.45, 7) is 0.392. The number of hydrogen-bond donors (Lipinski definition) is 0.